The van der Waals surface area contributed by atoms with E-state index in [4.69, 9.17) is 11.6 Å². The average molecular weight is 291 g/mol. The second-order valence-corrected chi connectivity index (χ2v) is 5.23. The summed E-state index contributed by atoms with van der Waals surface area (Å²) in [5.74, 6) is 0.514. The molecule has 0 spiro atoms. The highest BCUT2D eigenvalue weighted by molar-refractivity contribution is 6.29. The van der Waals surface area contributed by atoms with Crippen LogP contribution in [0.4, 0.5) is 0 Å². The molecular weight excluding hydrogens is 272 g/mol. The van der Waals surface area contributed by atoms with Crippen LogP contribution in [0.3, 0.4) is 0 Å². The van der Waals surface area contributed by atoms with E-state index in [0.717, 1.165) is 36.0 Å². The molecule has 0 aliphatic heterocycles. The summed E-state index contributed by atoms with van der Waals surface area (Å²) in [5, 5.41) is 12.3. The Morgan fingerprint density at radius 3 is 2.60 bits per heavy atom. The fourth-order valence-electron chi connectivity index (χ4n) is 2.09. The molecule has 0 radical (unpaired) electrons. The Balaban J connectivity index is 2.07. The van der Waals surface area contributed by atoms with Crippen LogP contribution in [0, 0.1) is 5.21 Å². The van der Waals surface area contributed by atoms with Gasteiger partial charge in [0, 0.05) is 0 Å². The minimum absolute atomic E-state index is 0.266. The topological polar surface area (TPSA) is 39.8 Å². The first-order valence-corrected chi connectivity index (χ1v) is 7.40. The van der Waals surface area contributed by atoms with Gasteiger partial charge in [-0.2, -0.15) is 0 Å². The summed E-state index contributed by atoms with van der Waals surface area (Å²) in [4.78, 5) is 4.25. The van der Waals surface area contributed by atoms with E-state index in [1.165, 1.54) is 5.56 Å². The zero-order valence-electron chi connectivity index (χ0n) is 11.7. The molecule has 0 unspecified atom stereocenters. The number of hydrogen-bond acceptors (Lipinski definition) is 2. The number of rotatable bonds is 6. The van der Waals surface area contributed by atoms with Gasteiger partial charge in [0.05, 0.1) is 12.0 Å². The van der Waals surface area contributed by atoms with E-state index in [-0.39, 0.29) is 5.15 Å². The molecule has 1 aromatic heterocycles. The van der Waals surface area contributed by atoms with Gasteiger partial charge in [0.15, 0.2) is 0 Å². The van der Waals surface area contributed by atoms with Crippen LogP contribution in [0.25, 0.3) is 0 Å². The molecule has 2 aromatic rings. The number of benzene rings is 1. The van der Waals surface area contributed by atoms with Gasteiger partial charge in [0.25, 0.3) is 0 Å². The van der Waals surface area contributed by atoms with Crippen molar-refractivity contribution in [3.63, 3.8) is 0 Å². The first-order chi connectivity index (χ1) is 9.72. The smallest absolute Gasteiger partial charge is 0.302 e. The third-order valence-corrected chi connectivity index (χ3v) is 3.72. The summed E-state index contributed by atoms with van der Waals surface area (Å²) < 4.78 is 0.775. The van der Waals surface area contributed by atoms with E-state index < -0.39 is 0 Å². The summed E-state index contributed by atoms with van der Waals surface area (Å²) in [6.07, 6.45) is 6.00. The SMILES string of the molecule is CCCCc1ncc(CCc2ccccc2)c(Cl)[n+]1[O-]. The molecule has 0 aliphatic rings. The van der Waals surface area contributed by atoms with Crippen molar-refractivity contribution in [1.82, 2.24) is 4.98 Å². The van der Waals surface area contributed by atoms with Crippen LogP contribution in [0.1, 0.15) is 36.7 Å². The van der Waals surface area contributed by atoms with Gasteiger partial charge in [0.1, 0.15) is 6.20 Å². The Hall–Kier alpha value is -1.61. The lowest BCUT2D eigenvalue weighted by Gasteiger charge is -2.10. The Morgan fingerprint density at radius 2 is 1.90 bits per heavy atom. The summed E-state index contributed by atoms with van der Waals surface area (Å²) in [7, 11) is 0. The van der Waals surface area contributed by atoms with Crippen molar-refractivity contribution in [2.45, 2.75) is 39.0 Å². The lowest BCUT2D eigenvalue weighted by molar-refractivity contribution is -0.615. The van der Waals surface area contributed by atoms with E-state index in [1.54, 1.807) is 6.20 Å². The lowest BCUT2D eigenvalue weighted by Crippen LogP contribution is -2.35. The minimum atomic E-state index is 0.266. The summed E-state index contributed by atoms with van der Waals surface area (Å²) in [6.45, 7) is 2.09. The van der Waals surface area contributed by atoms with Crippen LogP contribution in [-0.2, 0) is 19.3 Å². The summed E-state index contributed by atoms with van der Waals surface area (Å²) in [5.41, 5.74) is 2.04. The van der Waals surface area contributed by atoms with E-state index in [9.17, 15) is 5.21 Å². The lowest BCUT2D eigenvalue weighted by atomic mass is 10.1. The first-order valence-electron chi connectivity index (χ1n) is 7.02. The Kier molecular flexibility index (Phi) is 5.36. The van der Waals surface area contributed by atoms with Gasteiger partial charge in [-0.1, -0.05) is 48.7 Å². The van der Waals surface area contributed by atoms with Crippen LogP contribution in [0.2, 0.25) is 5.15 Å². The molecule has 4 heteroatoms. The molecule has 2 rings (SSSR count). The maximum Gasteiger partial charge on any atom is 0.302 e. The first kappa shape index (κ1) is 14.8. The number of aryl methyl sites for hydroxylation is 3. The molecular formula is C16H19ClN2O. The van der Waals surface area contributed by atoms with Crippen LogP contribution in [-0.4, -0.2) is 4.98 Å². The van der Waals surface area contributed by atoms with Crippen molar-refractivity contribution < 1.29 is 4.73 Å². The third-order valence-electron chi connectivity index (χ3n) is 3.33. The average Bonchev–Trinajstić information content (AvgIpc) is 2.49. The highest BCUT2D eigenvalue weighted by Crippen LogP contribution is 2.14. The van der Waals surface area contributed by atoms with Crippen molar-refractivity contribution in [2.75, 3.05) is 0 Å². The minimum Gasteiger partial charge on any atom is -0.710 e. The van der Waals surface area contributed by atoms with Gasteiger partial charge in [-0.25, -0.2) is 4.73 Å². The number of halogens is 1. The standard InChI is InChI=1S/C16H19ClN2O/c1-2-3-9-15-18-12-14(16(17)19(15)20)11-10-13-7-5-4-6-8-13/h4-8,12H,2-3,9-11H2,1H3. The zero-order valence-corrected chi connectivity index (χ0v) is 12.4. The van der Waals surface area contributed by atoms with Crippen molar-refractivity contribution in [3.05, 3.63) is 63.8 Å². The van der Waals surface area contributed by atoms with E-state index in [0.29, 0.717) is 12.2 Å². The number of nitrogens with zero attached hydrogens (tertiary/aromatic N) is 2. The van der Waals surface area contributed by atoms with E-state index in [1.807, 2.05) is 18.2 Å². The molecule has 0 atom stereocenters. The van der Waals surface area contributed by atoms with E-state index in [2.05, 4.69) is 24.0 Å². The number of hydrogen-bond donors (Lipinski definition) is 0. The molecule has 0 saturated heterocycles. The van der Waals surface area contributed by atoms with Crippen LogP contribution in [0.5, 0.6) is 0 Å². The molecule has 106 valence electrons. The predicted molar refractivity (Wildman–Crippen MR) is 80.7 cm³/mol. The van der Waals surface area contributed by atoms with Gasteiger partial charge in [0.2, 0.25) is 5.15 Å². The number of aromatic nitrogens is 2. The fourth-order valence-corrected chi connectivity index (χ4v) is 2.34. The normalized spacial score (nSPS) is 10.7. The molecule has 0 N–H and O–H groups in total. The molecule has 0 bridgehead atoms. The van der Waals surface area contributed by atoms with Crippen molar-refractivity contribution >= 4 is 11.6 Å². The molecule has 0 amide bonds. The van der Waals surface area contributed by atoms with Crippen LogP contribution in [0.15, 0.2) is 36.5 Å². The molecule has 1 aromatic carbocycles. The maximum atomic E-state index is 12.0. The monoisotopic (exact) mass is 290 g/mol. The van der Waals surface area contributed by atoms with Gasteiger partial charge < -0.3 is 5.21 Å². The molecule has 0 aliphatic carbocycles. The molecule has 0 fully saturated rings. The van der Waals surface area contributed by atoms with Gasteiger partial charge in [-0.15, -0.1) is 0 Å². The van der Waals surface area contributed by atoms with Gasteiger partial charge in [-0.05, 0) is 36.4 Å². The van der Waals surface area contributed by atoms with Crippen molar-refractivity contribution in [2.24, 2.45) is 0 Å². The number of unbranched alkanes of at least 4 members (excludes halogenated alkanes) is 1. The van der Waals surface area contributed by atoms with Crippen LogP contribution >= 0.6 is 11.6 Å². The Morgan fingerprint density at radius 1 is 1.15 bits per heavy atom. The van der Waals surface area contributed by atoms with Crippen molar-refractivity contribution in [3.8, 4) is 0 Å². The van der Waals surface area contributed by atoms with Crippen LogP contribution < -0.4 is 4.73 Å². The largest absolute Gasteiger partial charge is 0.710 e. The summed E-state index contributed by atoms with van der Waals surface area (Å²) >= 11 is 6.15. The third kappa shape index (κ3) is 3.70. The Bertz CT molecular complexity index is 558. The predicted octanol–water partition coefficient (Wildman–Crippen LogP) is 3.50. The maximum absolute atomic E-state index is 12.0. The fraction of sp³-hybridized carbons (Fsp3) is 0.375. The second kappa shape index (κ2) is 7.25. The summed E-state index contributed by atoms with van der Waals surface area (Å²) in [6, 6.07) is 10.2. The highest BCUT2D eigenvalue weighted by Gasteiger charge is 2.15. The quantitative estimate of drug-likeness (QED) is 0.464. The highest BCUT2D eigenvalue weighted by atomic mass is 35.5. The van der Waals surface area contributed by atoms with Gasteiger partial charge in [-0.3, -0.25) is 0 Å². The molecule has 3 nitrogen and oxygen atoms in total. The van der Waals surface area contributed by atoms with Gasteiger partial charge >= 0.3 is 5.82 Å². The van der Waals surface area contributed by atoms with Crippen molar-refractivity contribution in [1.29, 1.82) is 0 Å². The molecule has 20 heavy (non-hydrogen) atoms. The molecule has 0 saturated carbocycles. The molecule has 1 heterocycles. The zero-order chi connectivity index (χ0) is 14.4. The Labute approximate surface area is 124 Å². The second-order valence-electron chi connectivity index (χ2n) is 4.87. The van der Waals surface area contributed by atoms with E-state index >= 15 is 0 Å².